The van der Waals surface area contributed by atoms with E-state index in [0.717, 1.165) is 29.7 Å². The van der Waals surface area contributed by atoms with Crippen LogP contribution in [0.3, 0.4) is 0 Å². The maximum Gasteiger partial charge on any atom is 0.335 e. The summed E-state index contributed by atoms with van der Waals surface area (Å²) in [5.74, 6) is -0.903. The predicted molar refractivity (Wildman–Crippen MR) is 77.5 cm³/mol. The minimum Gasteiger partial charge on any atom is -0.478 e. The van der Waals surface area contributed by atoms with Crippen LogP contribution < -0.4 is 4.90 Å². The quantitative estimate of drug-likeness (QED) is 0.876. The van der Waals surface area contributed by atoms with Crippen LogP contribution in [-0.2, 0) is 0 Å². The van der Waals surface area contributed by atoms with E-state index in [1.54, 1.807) is 12.1 Å². The lowest BCUT2D eigenvalue weighted by Gasteiger charge is -2.21. The number of carboxylic acid groups (broad SMARTS) is 1. The number of aromatic carboxylic acids is 1. The van der Waals surface area contributed by atoms with Crippen LogP contribution in [0.5, 0.6) is 0 Å². The Kier molecular flexibility index (Phi) is 5.62. The van der Waals surface area contributed by atoms with Crippen molar-refractivity contribution in [2.45, 2.75) is 6.42 Å². The Labute approximate surface area is 116 Å². The normalized spacial score (nSPS) is 10.7. The lowest BCUT2D eigenvalue weighted by atomic mass is 10.2. The maximum atomic E-state index is 11.0. The first-order chi connectivity index (χ1) is 8.40. The molecule has 0 heterocycles. The van der Waals surface area contributed by atoms with Gasteiger partial charge in [-0.3, -0.25) is 0 Å². The van der Waals surface area contributed by atoms with Gasteiger partial charge in [0.2, 0.25) is 0 Å². The van der Waals surface area contributed by atoms with E-state index in [2.05, 4.69) is 25.7 Å². The summed E-state index contributed by atoms with van der Waals surface area (Å²) in [5, 5.41) is 9.02. The predicted octanol–water partition coefficient (Wildman–Crippen LogP) is 2.54. The van der Waals surface area contributed by atoms with Gasteiger partial charge in [0.15, 0.2) is 0 Å². The van der Waals surface area contributed by atoms with Crippen LogP contribution in [0, 0.1) is 0 Å². The van der Waals surface area contributed by atoms with E-state index in [1.807, 2.05) is 27.2 Å². The topological polar surface area (TPSA) is 43.8 Å². The average Bonchev–Trinajstić information content (AvgIpc) is 2.27. The van der Waals surface area contributed by atoms with Crippen molar-refractivity contribution >= 4 is 27.6 Å². The molecule has 0 aliphatic rings. The van der Waals surface area contributed by atoms with Crippen molar-refractivity contribution in [2.24, 2.45) is 0 Å². The standard InChI is InChI=1S/C13H19BrN2O2/c1-15(2)5-4-6-16(3)12-8-10(13(17)18)7-11(14)9-12/h7-9H,4-6H2,1-3H3,(H,17,18). The Bertz CT molecular complexity index is 421. The fraction of sp³-hybridized carbons (Fsp3) is 0.462. The Balaban J connectivity index is 2.73. The number of halogens is 1. The first-order valence-electron chi connectivity index (χ1n) is 5.80. The van der Waals surface area contributed by atoms with Crippen LogP contribution in [0.15, 0.2) is 22.7 Å². The van der Waals surface area contributed by atoms with E-state index in [9.17, 15) is 4.79 Å². The molecule has 0 saturated carbocycles. The smallest absolute Gasteiger partial charge is 0.335 e. The second-order valence-corrected chi connectivity index (χ2v) is 5.50. The largest absolute Gasteiger partial charge is 0.478 e. The average molecular weight is 315 g/mol. The first-order valence-corrected chi connectivity index (χ1v) is 6.59. The number of nitrogens with zero attached hydrogens (tertiary/aromatic N) is 2. The summed E-state index contributed by atoms with van der Waals surface area (Å²) in [5.41, 5.74) is 1.22. The van der Waals surface area contributed by atoms with Gasteiger partial charge in [0.25, 0.3) is 0 Å². The van der Waals surface area contributed by atoms with Crippen LogP contribution in [0.2, 0.25) is 0 Å². The van der Waals surface area contributed by atoms with Crippen molar-refractivity contribution in [1.29, 1.82) is 0 Å². The minimum absolute atomic E-state index is 0.304. The van der Waals surface area contributed by atoms with Crippen LogP contribution in [0.4, 0.5) is 5.69 Å². The fourth-order valence-electron chi connectivity index (χ4n) is 1.67. The number of anilines is 1. The summed E-state index contributed by atoms with van der Waals surface area (Å²) in [6, 6.07) is 5.24. The van der Waals surface area contributed by atoms with Gasteiger partial charge < -0.3 is 14.9 Å². The molecule has 0 amide bonds. The number of carbonyl (C=O) groups is 1. The van der Waals surface area contributed by atoms with E-state index in [4.69, 9.17) is 5.11 Å². The Morgan fingerprint density at radius 2 is 1.89 bits per heavy atom. The molecule has 0 spiro atoms. The molecule has 0 radical (unpaired) electrons. The molecule has 5 heteroatoms. The van der Waals surface area contributed by atoms with Crippen molar-refractivity contribution in [1.82, 2.24) is 4.90 Å². The molecule has 0 bridgehead atoms. The van der Waals surface area contributed by atoms with Gasteiger partial charge in [-0.05, 0) is 45.3 Å². The fourth-order valence-corrected chi connectivity index (χ4v) is 2.15. The van der Waals surface area contributed by atoms with Crippen molar-refractivity contribution in [3.8, 4) is 0 Å². The van der Waals surface area contributed by atoms with E-state index in [1.165, 1.54) is 0 Å². The van der Waals surface area contributed by atoms with Gasteiger partial charge in [-0.1, -0.05) is 15.9 Å². The highest BCUT2D eigenvalue weighted by Gasteiger charge is 2.08. The van der Waals surface area contributed by atoms with Crippen molar-refractivity contribution < 1.29 is 9.90 Å². The van der Waals surface area contributed by atoms with Gasteiger partial charge >= 0.3 is 5.97 Å². The van der Waals surface area contributed by atoms with E-state index < -0.39 is 5.97 Å². The van der Waals surface area contributed by atoms with Crippen LogP contribution in [-0.4, -0.2) is 50.2 Å². The summed E-state index contributed by atoms with van der Waals surface area (Å²) in [6.07, 6.45) is 1.04. The Hall–Kier alpha value is -1.07. The number of hydrogen-bond donors (Lipinski definition) is 1. The summed E-state index contributed by atoms with van der Waals surface area (Å²) >= 11 is 3.34. The van der Waals surface area contributed by atoms with Crippen LogP contribution in [0.25, 0.3) is 0 Å². The zero-order chi connectivity index (χ0) is 13.7. The molecule has 1 N–H and O–H groups in total. The number of hydrogen-bond acceptors (Lipinski definition) is 3. The van der Waals surface area contributed by atoms with Gasteiger partial charge in [0.1, 0.15) is 0 Å². The van der Waals surface area contributed by atoms with E-state index >= 15 is 0 Å². The van der Waals surface area contributed by atoms with Gasteiger partial charge in [-0.15, -0.1) is 0 Å². The second kappa shape index (κ2) is 6.75. The number of benzene rings is 1. The summed E-state index contributed by atoms with van der Waals surface area (Å²) in [7, 11) is 6.06. The van der Waals surface area contributed by atoms with Crippen molar-refractivity contribution in [2.75, 3.05) is 39.1 Å². The molecule has 0 aliphatic heterocycles. The Morgan fingerprint density at radius 1 is 1.22 bits per heavy atom. The zero-order valence-corrected chi connectivity index (χ0v) is 12.6. The molecule has 18 heavy (non-hydrogen) atoms. The highest BCUT2D eigenvalue weighted by molar-refractivity contribution is 9.10. The highest BCUT2D eigenvalue weighted by Crippen LogP contribution is 2.22. The van der Waals surface area contributed by atoms with Crippen LogP contribution in [0.1, 0.15) is 16.8 Å². The third kappa shape index (κ3) is 4.66. The number of carboxylic acids is 1. The second-order valence-electron chi connectivity index (χ2n) is 4.58. The molecular weight excluding hydrogens is 296 g/mol. The lowest BCUT2D eigenvalue weighted by molar-refractivity contribution is 0.0697. The SMILES string of the molecule is CN(C)CCCN(C)c1cc(Br)cc(C(=O)O)c1. The van der Waals surface area contributed by atoms with Crippen LogP contribution >= 0.6 is 15.9 Å². The van der Waals surface area contributed by atoms with E-state index in [0.29, 0.717) is 5.56 Å². The molecule has 100 valence electrons. The van der Waals surface area contributed by atoms with Crippen molar-refractivity contribution in [3.63, 3.8) is 0 Å². The molecule has 0 aromatic heterocycles. The molecule has 4 nitrogen and oxygen atoms in total. The molecular formula is C13H19BrN2O2. The molecule has 1 aromatic rings. The Morgan fingerprint density at radius 3 is 2.44 bits per heavy atom. The van der Waals surface area contributed by atoms with Gasteiger partial charge in [-0.25, -0.2) is 4.79 Å². The molecule has 0 saturated heterocycles. The molecule has 1 rings (SSSR count). The monoisotopic (exact) mass is 314 g/mol. The van der Waals surface area contributed by atoms with Crippen molar-refractivity contribution in [3.05, 3.63) is 28.2 Å². The molecule has 0 atom stereocenters. The third-order valence-corrected chi connectivity index (χ3v) is 3.13. The summed E-state index contributed by atoms with van der Waals surface area (Å²) in [6.45, 7) is 1.91. The summed E-state index contributed by atoms with van der Waals surface area (Å²) in [4.78, 5) is 15.2. The van der Waals surface area contributed by atoms with Gasteiger partial charge in [0.05, 0.1) is 5.56 Å². The molecule has 0 fully saturated rings. The number of rotatable bonds is 6. The van der Waals surface area contributed by atoms with Gasteiger partial charge in [0, 0.05) is 23.8 Å². The molecule has 0 aliphatic carbocycles. The highest BCUT2D eigenvalue weighted by atomic mass is 79.9. The third-order valence-electron chi connectivity index (χ3n) is 2.67. The summed E-state index contributed by atoms with van der Waals surface area (Å²) < 4.78 is 0.789. The van der Waals surface area contributed by atoms with Gasteiger partial charge in [-0.2, -0.15) is 0 Å². The zero-order valence-electron chi connectivity index (χ0n) is 11.0. The molecule has 0 unspecified atom stereocenters. The van der Waals surface area contributed by atoms with E-state index in [-0.39, 0.29) is 0 Å². The lowest BCUT2D eigenvalue weighted by Crippen LogP contribution is -2.23. The maximum absolute atomic E-state index is 11.0. The molecule has 1 aromatic carbocycles. The first kappa shape index (κ1) is 15.0. The minimum atomic E-state index is -0.903.